The molecular weight excluding hydrogens is 196 g/mol. The van der Waals surface area contributed by atoms with Crippen LogP contribution in [0.3, 0.4) is 0 Å². The van der Waals surface area contributed by atoms with Crippen LogP contribution in [0.5, 0.6) is 0 Å². The average Bonchev–Trinajstić information content (AvgIpc) is 2.24. The lowest BCUT2D eigenvalue weighted by Gasteiger charge is -2.36. The number of nitrogens with zero attached hydrogens (tertiary/aromatic N) is 1. The van der Waals surface area contributed by atoms with E-state index in [0.717, 1.165) is 11.8 Å². The van der Waals surface area contributed by atoms with Gasteiger partial charge >= 0.3 is 0 Å². The molecule has 2 nitrogen and oxygen atoms in total. The summed E-state index contributed by atoms with van der Waals surface area (Å²) in [7, 11) is 0. The molecule has 2 atom stereocenters. The molecule has 0 saturated heterocycles. The molecule has 2 aliphatic rings. The summed E-state index contributed by atoms with van der Waals surface area (Å²) in [5.41, 5.74) is 6.23. The lowest BCUT2D eigenvalue weighted by molar-refractivity contribution is 0.141. The molecule has 0 aromatic rings. The third kappa shape index (κ3) is 3.21. The smallest absolute Gasteiger partial charge is 0.00793 e. The van der Waals surface area contributed by atoms with Gasteiger partial charge in [0.15, 0.2) is 0 Å². The topological polar surface area (TPSA) is 29.3 Å². The van der Waals surface area contributed by atoms with Crippen molar-refractivity contribution in [2.45, 2.75) is 57.9 Å². The summed E-state index contributed by atoms with van der Waals surface area (Å²) in [6.07, 6.45) is 9.77. The van der Waals surface area contributed by atoms with Gasteiger partial charge in [0.25, 0.3) is 0 Å². The van der Waals surface area contributed by atoms with Crippen LogP contribution in [-0.2, 0) is 0 Å². The van der Waals surface area contributed by atoms with E-state index in [4.69, 9.17) is 5.73 Å². The molecule has 0 radical (unpaired) electrons. The van der Waals surface area contributed by atoms with Gasteiger partial charge in [0, 0.05) is 19.1 Å². The van der Waals surface area contributed by atoms with E-state index in [9.17, 15) is 0 Å². The first-order valence-electron chi connectivity index (χ1n) is 7.27. The Kier molecular flexibility index (Phi) is 4.66. The average molecular weight is 224 g/mol. The molecule has 2 N–H and O–H groups in total. The molecule has 2 saturated carbocycles. The summed E-state index contributed by atoms with van der Waals surface area (Å²) >= 11 is 0. The summed E-state index contributed by atoms with van der Waals surface area (Å²) < 4.78 is 0. The fourth-order valence-electron chi connectivity index (χ4n) is 3.17. The fraction of sp³-hybridized carbons (Fsp3) is 1.00. The van der Waals surface area contributed by atoms with E-state index in [0.29, 0.717) is 6.04 Å². The molecule has 0 amide bonds. The molecule has 2 fully saturated rings. The first kappa shape index (κ1) is 12.4. The standard InChI is InChI=1S/C14H28N2/c1-2-16(10-12-6-5-7-12)11-13-8-3-4-9-14(13)15/h12-14H,2-11,15H2,1H3. The molecule has 0 aromatic heterocycles. The maximum atomic E-state index is 6.23. The van der Waals surface area contributed by atoms with Gasteiger partial charge in [0.1, 0.15) is 0 Å². The molecule has 2 unspecified atom stereocenters. The molecule has 2 rings (SSSR count). The molecule has 0 aliphatic heterocycles. The Labute approximate surface area is 101 Å². The van der Waals surface area contributed by atoms with Crippen molar-refractivity contribution in [3.8, 4) is 0 Å². The van der Waals surface area contributed by atoms with Crippen molar-refractivity contribution in [1.29, 1.82) is 0 Å². The second kappa shape index (κ2) is 6.02. The quantitative estimate of drug-likeness (QED) is 0.778. The van der Waals surface area contributed by atoms with Crippen LogP contribution in [0.1, 0.15) is 51.9 Å². The van der Waals surface area contributed by atoms with E-state index in [1.165, 1.54) is 64.6 Å². The highest BCUT2D eigenvalue weighted by molar-refractivity contribution is 4.82. The number of hydrogen-bond acceptors (Lipinski definition) is 2. The van der Waals surface area contributed by atoms with Crippen molar-refractivity contribution in [3.63, 3.8) is 0 Å². The zero-order valence-electron chi connectivity index (χ0n) is 10.8. The largest absolute Gasteiger partial charge is 0.327 e. The lowest BCUT2D eigenvalue weighted by atomic mass is 9.83. The van der Waals surface area contributed by atoms with Gasteiger partial charge in [-0.05, 0) is 44.1 Å². The van der Waals surface area contributed by atoms with Crippen LogP contribution in [0.2, 0.25) is 0 Å². The van der Waals surface area contributed by atoms with Crippen molar-refractivity contribution in [2.24, 2.45) is 17.6 Å². The molecule has 0 spiro atoms. The highest BCUT2D eigenvalue weighted by Gasteiger charge is 2.26. The number of rotatable bonds is 5. The van der Waals surface area contributed by atoms with Crippen molar-refractivity contribution < 1.29 is 0 Å². The monoisotopic (exact) mass is 224 g/mol. The fourth-order valence-corrected chi connectivity index (χ4v) is 3.17. The molecule has 94 valence electrons. The molecule has 16 heavy (non-hydrogen) atoms. The van der Waals surface area contributed by atoms with E-state index in [2.05, 4.69) is 11.8 Å². The highest BCUT2D eigenvalue weighted by Crippen LogP contribution is 2.29. The van der Waals surface area contributed by atoms with Gasteiger partial charge in [-0.25, -0.2) is 0 Å². The lowest BCUT2D eigenvalue weighted by Crippen LogP contribution is -2.43. The Bertz CT molecular complexity index is 201. The van der Waals surface area contributed by atoms with E-state index in [1.807, 2.05) is 0 Å². The zero-order chi connectivity index (χ0) is 11.4. The van der Waals surface area contributed by atoms with Crippen molar-refractivity contribution in [3.05, 3.63) is 0 Å². The second-order valence-electron chi connectivity index (χ2n) is 5.86. The Morgan fingerprint density at radius 3 is 2.31 bits per heavy atom. The minimum Gasteiger partial charge on any atom is -0.327 e. The third-order valence-electron chi connectivity index (χ3n) is 4.65. The predicted molar refractivity (Wildman–Crippen MR) is 69.4 cm³/mol. The highest BCUT2D eigenvalue weighted by atomic mass is 15.1. The minimum absolute atomic E-state index is 0.476. The summed E-state index contributed by atoms with van der Waals surface area (Å²) in [4.78, 5) is 2.65. The van der Waals surface area contributed by atoms with Gasteiger partial charge in [-0.3, -0.25) is 0 Å². The van der Waals surface area contributed by atoms with E-state index in [-0.39, 0.29) is 0 Å². The molecule has 2 aliphatic carbocycles. The van der Waals surface area contributed by atoms with Gasteiger partial charge in [-0.2, -0.15) is 0 Å². The molecule has 2 heteroatoms. The maximum Gasteiger partial charge on any atom is 0.00793 e. The first-order chi connectivity index (χ1) is 7.79. The second-order valence-corrected chi connectivity index (χ2v) is 5.86. The maximum absolute atomic E-state index is 6.23. The Morgan fingerprint density at radius 1 is 1.00 bits per heavy atom. The van der Waals surface area contributed by atoms with Crippen LogP contribution in [0.15, 0.2) is 0 Å². The Hall–Kier alpha value is -0.0800. The SMILES string of the molecule is CCN(CC1CCC1)CC1CCCCC1N. The van der Waals surface area contributed by atoms with E-state index >= 15 is 0 Å². The molecule has 0 aromatic carbocycles. The van der Waals surface area contributed by atoms with E-state index < -0.39 is 0 Å². The predicted octanol–water partition coefficient (Wildman–Crippen LogP) is 2.63. The van der Waals surface area contributed by atoms with Crippen molar-refractivity contribution >= 4 is 0 Å². The van der Waals surface area contributed by atoms with Crippen molar-refractivity contribution in [2.75, 3.05) is 19.6 Å². The van der Waals surface area contributed by atoms with Crippen molar-refractivity contribution in [1.82, 2.24) is 4.90 Å². The van der Waals surface area contributed by atoms with Gasteiger partial charge in [0.05, 0.1) is 0 Å². The number of nitrogens with two attached hydrogens (primary N) is 1. The van der Waals surface area contributed by atoms with Gasteiger partial charge in [-0.15, -0.1) is 0 Å². The molecular formula is C14H28N2. The summed E-state index contributed by atoms with van der Waals surface area (Å²) in [6.45, 7) is 6.10. The molecule has 0 heterocycles. The first-order valence-corrected chi connectivity index (χ1v) is 7.27. The van der Waals surface area contributed by atoms with Crippen LogP contribution in [0.25, 0.3) is 0 Å². The number of hydrogen-bond donors (Lipinski definition) is 1. The van der Waals surface area contributed by atoms with Gasteiger partial charge < -0.3 is 10.6 Å². The van der Waals surface area contributed by atoms with Crippen LogP contribution >= 0.6 is 0 Å². The van der Waals surface area contributed by atoms with Gasteiger partial charge in [-0.1, -0.05) is 26.2 Å². The summed E-state index contributed by atoms with van der Waals surface area (Å²) in [5, 5.41) is 0. The van der Waals surface area contributed by atoms with Crippen LogP contribution in [-0.4, -0.2) is 30.6 Å². The molecule has 0 bridgehead atoms. The Balaban J connectivity index is 1.75. The van der Waals surface area contributed by atoms with Crippen LogP contribution in [0.4, 0.5) is 0 Å². The Morgan fingerprint density at radius 2 is 1.75 bits per heavy atom. The van der Waals surface area contributed by atoms with Gasteiger partial charge in [0.2, 0.25) is 0 Å². The third-order valence-corrected chi connectivity index (χ3v) is 4.65. The minimum atomic E-state index is 0.476. The summed E-state index contributed by atoms with van der Waals surface area (Å²) in [5.74, 6) is 1.77. The van der Waals surface area contributed by atoms with E-state index in [1.54, 1.807) is 0 Å². The normalized spacial score (nSPS) is 31.7. The van der Waals surface area contributed by atoms with Crippen LogP contribution < -0.4 is 5.73 Å². The van der Waals surface area contributed by atoms with Crippen LogP contribution in [0, 0.1) is 11.8 Å². The summed E-state index contributed by atoms with van der Waals surface area (Å²) in [6, 6.07) is 0.476. The zero-order valence-corrected chi connectivity index (χ0v) is 10.8.